The summed E-state index contributed by atoms with van der Waals surface area (Å²) in [6.07, 6.45) is 0.915. The summed E-state index contributed by atoms with van der Waals surface area (Å²) in [5, 5.41) is -0.0638. The maximum atomic E-state index is 6.29. The summed E-state index contributed by atoms with van der Waals surface area (Å²) in [7, 11) is 1.14. The third-order valence-corrected chi connectivity index (χ3v) is 5.78. The summed E-state index contributed by atoms with van der Waals surface area (Å²) < 4.78 is 22.2. The van der Waals surface area contributed by atoms with Crippen LogP contribution in [0.4, 0.5) is 0 Å². The molecule has 0 saturated carbocycles. The molecule has 0 unspecified atom stereocenters. The van der Waals surface area contributed by atoms with E-state index in [-0.39, 0.29) is 34.8 Å². The number of hydrogen-bond donors (Lipinski definition) is 0. The molecule has 1 radical (unpaired) electrons. The summed E-state index contributed by atoms with van der Waals surface area (Å²) in [5.41, 5.74) is -0.927. The molecule has 2 rings (SSSR count). The molecular formula is C17H34B2ClO4. The van der Waals surface area contributed by atoms with Crippen LogP contribution in [0.1, 0.15) is 75.7 Å². The van der Waals surface area contributed by atoms with Gasteiger partial charge in [0, 0.05) is 0 Å². The van der Waals surface area contributed by atoms with Crippen LogP contribution < -0.4 is 0 Å². The first kappa shape index (κ1) is 22.3. The quantitative estimate of drug-likeness (QED) is 0.553. The predicted octanol–water partition coefficient (Wildman–Crippen LogP) is 4.40. The largest absolute Gasteiger partial charge is 0.488 e. The van der Waals surface area contributed by atoms with Crippen molar-refractivity contribution in [2.75, 3.05) is 0 Å². The van der Waals surface area contributed by atoms with Gasteiger partial charge >= 0.3 is 14.8 Å². The molecule has 1 atom stereocenters. The molecule has 2 aliphatic rings. The van der Waals surface area contributed by atoms with Crippen molar-refractivity contribution < 1.29 is 18.6 Å². The van der Waals surface area contributed by atoms with E-state index in [1.165, 1.54) is 7.69 Å². The van der Waals surface area contributed by atoms with Gasteiger partial charge in [-0.25, -0.2) is 0 Å². The van der Waals surface area contributed by atoms with Gasteiger partial charge in [-0.3, -0.25) is 0 Å². The van der Waals surface area contributed by atoms with Crippen molar-refractivity contribution in [1.29, 1.82) is 0 Å². The Hall–Kier alpha value is 0.260. The van der Waals surface area contributed by atoms with Crippen LogP contribution in [-0.2, 0) is 18.6 Å². The Balaban J connectivity index is 0.000000272. The summed E-state index contributed by atoms with van der Waals surface area (Å²) >= 11 is 6.29. The van der Waals surface area contributed by atoms with Crippen molar-refractivity contribution >= 4 is 26.4 Å². The van der Waals surface area contributed by atoms with E-state index < -0.39 is 0 Å². The van der Waals surface area contributed by atoms with Crippen LogP contribution >= 0.6 is 11.6 Å². The third kappa shape index (κ3) is 5.14. The highest BCUT2D eigenvalue weighted by atomic mass is 35.5. The highest BCUT2D eigenvalue weighted by molar-refractivity contribution is 6.59. The molecule has 0 amide bonds. The lowest BCUT2D eigenvalue weighted by molar-refractivity contribution is 0.00578. The number of halogens is 1. The van der Waals surface area contributed by atoms with Crippen molar-refractivity contribution in [3.05, 3.63) is 0 Å². The summed E-state index contributed by atoms with van der Waals surface area (Å²) in [6.45, 7) is 20.5. The maximum absolute atomic E-state index is 6.29. The van der Waals surface area contributed by atoms with Crippen LogP contribution in [-0.4, -0.2) is 42.5 Å². The van der Waals surface area contributed by atoms with Gasteiger partial charge in [0.2, 0.25) is 0 Å². The minimum absolute atomic E-state index is 0.0638. The van der Waals surface area contributed by atoms with E-state index in [1.807, 2.05) is 55.4 Å². The van der Waals surface area contributed by atoms with E-state index in [2.05, 4.69) is 13.8 Å². The van der Waals surface area contributed by atoms with Crippen LogP contribution in [0, 0.1) is 5.92 Å². The number of rotatable bonds is 3. The van der Waals surface area contributed by atoms with Gasteiger partial charge in [0.1, 0.15) is 0 Å². The van der Waals surface area contributed by atoms with Crippen molar-refractivity contribution in [1.82, 2.24) is 0 Å². The molecule has 2 aliphatic heterocycles. The number of alkyl halides is 1. The topological polar surface area (TPSA) is 36.9 Å². The first-order valence-electron chi connectivity index (χ1n) is 8.78. The summed E-state index contributed by atoms with van der Waals surface area (Å²) in [4.78, 5) is 0. The molecule has 2 heterocycles. The Morgan fingerprint density at radius 3 is 1.42 bits per heavy atom. The average molecular weight is 360 g/mol. The van der Waals surface area contributed by atoms with Gasteiger partial charge in [0.25, 0.3) is 0 Å². The Kier molecular flexibility index (Phi) is 6.95. The van der Waals surface area contributed by atoms with Crippen molar-refractivity contribution in [3.8, 4) is 0 Å². The van der Waals surface area contributed by atoms with E-state index in [1.54, 1.807) is 0 Å². The second-order valence-corrected chi connectivity index (χ2v) is 9.68. The molecule has 7 heteroatoms. The Labute approximate surface area is 154 Å². The zero-order valence-electron chi connectivity index (χ0n) is 17.0. The fourth-order valence-electron chi connectivity index (χ4n) is 2.15. The first-order valence-corrected chi connectivity index (χ1v) is 9.22. The summed E-state index contributed by atoms with van der Waals surface area (Å²) in [6, 6.07) is 0. The monoisotopic (exact) mass is 359 g/mol. The lowest BCUT2D eigenvalue weighted by atomic mass is 9.80. The first-order chi connectivity index (χ1) is 10.6. The molecule has 0 aromatic rings. The van der Waals surface area contributed by atoms with Crippen LogP contribution in [0.2, 0.25) is 0 Å². The molecule has 0 aliphatic carbocycles. The Morgan fingerprint density at radius 2 is 1.17 bits per heavy atom. The molecular weight excluding hydrogens is 325 g/mol. The van der Waals surface area contributed by atoms with Crippen molar-refractivity contribution in [3.63, 3.8) is 0 Å². The molecule has 0 aromatic heterocycles. The SMILES string of the molecule is CC(C)C[C@@H](Cl)B1OC(C)(C)C(C)(C)O1.CC1(C)O[B]OC1(C)C. The number of hydrogen-bond acceptors (Lipinski definition) is 4. The van der Waals surface area contributed by atoms with Gasteiger partial charge in [-0.05, 0) is 67.7 Å². The second-order valence-electron chi connectivity index (χ2n) is 9.12. The van der Waals surface area contributed by atoms with Crippen molar-refractivity contribution in [2.45, 2.75) is 103 Å². The highest BCUT2D eigenvalue weighted by Crippen LogP contribution is 2.39. The minimum atomic E-state index is -0.279. The van der Waals surface area contributed by atoms with E-state index in [0.29, 0.717) is 5.92 Å². The van der Waals surface area contributed by atoms with Crippen LogP contribution in [0.3, 0.4) is 0 Å². The molecule has 0 aromatic carbocycles. The lowest BCUT2D eigenvalue weighted by Gasteiger charge is -2.32. The lowest BCUT2D eigenvalue weighted by Crippen LogP contribution is -2.41. The smallest absolute Gasteiger partial charge is 0.405 e. The van der Waals surface area contributed by atoms with Gasteiger partial charge in [-0.2, -0.15) is 0 Å². The standard InChI is InChI=1S/C11H22BClO2.C6H12BO2/c1-8(2)7-9(13)12-14-10(3,4)11(5,6)15-12;1-5(2)6(3,4)9-7-8-5/h8-9H,7H2,1-6H3;1-4H3/t9-;/m1./s1. The van der Waals surface area contributed by atoms with Crippen LogP contribution in [0.5, 0.6) is 0 Å². The maximum Gasteiger partial charge on any atom is 0.488 e. The molecule has 0 bridgehead atoms. The Bertz CT molecular complexity index is 395. The van der Waals surface area contributed by atoms with Crippen LogP contribution in [0.25, 0.3) is 0 Å². The molecule has 4 nitrogen and oxygen atoms in total. The minimum Gasteiger partial charge on any atom is -0.405 e. The van der Waals surface area contributed by atoms with Gasteiger partial charge in [0.05, 0.1) is 27.7 Å². The van der Waals surface area contributed by atoms with Gasteiger partial charge in [-0.15, -0.1) is 11.6 Å². The molecule has 139 valence electrons. The molecule has 24 heavy (non-hydrogen) atoms. The highest BCUT2D eigenvalue weighted by Gasteiger charge is 2.53. The molecule has 0 spiro atoms. The van der Waals surface area contributed by atoms with E-state index in [0.717, 1.165) is 6.42 Å². The van der Waals surface area contributed by atoms with E-state index >= 15 is 0 Å². The Morgan fingerprint density at radius 1 is 0.792 bits per heavy atom. The van der Waals surface area contributed by atoms with E-state index in [4.69, 9.17) is 30.2 Å². The zero-order valence-corrected chi connectivity index (χ0v) is 17.8. The van der Waals surface area contributed by atoms with Crippen LogP contribution in [0.15, 0.2) is 0 Å². The zero-order chi connectivity index (χ0) is 19.0. The van der Waals surface area contributed by atoms with Gasteiger partial charge in [-0.1, -0.05) is 13.8 Å². The normalized spacial score (nSPS) is 27.4. The second kappa shape index (κ2) is 7.48. The van der Waals surface area contributed by atoms with E-state index in [9.17, 15) is 0 Å². The van der Waals surface area contributed by atoms with Gasteiger partial charge in [0.15, 0.2) is 0 Å². The fraction of sp³-hybridized carbons (Fsp3) is 1.00. The fourth-order valence-corrected chi connectivity index (χ4v) is 2.61. The summed E-state index contributed by atoms with van der Waals surface area (Å²) in [5.74, 6) is 0.562. The van der Waals surface area contributed by atoms with Gasteiger partial charge < -0.3 is 18.6 Å². The third-order valence-electron chi connectivity index (χ3n) is 5.40. The molecule has 0 N–H and O–H groups in total. The van der Waals surface area contributed by atoms with Crippen molar-refractivity contribution in [2.24, 2.45) is 5.92 Å². The molecule has 2 fully saturated rings. The average Bonchev–Trinajstić information content (AvgIpc) is 2.72. The predicted molar refractivity (Wildman–Crippen MR) is 101 cm³/mol. The molecule has 2 saturated heterocycles.